The molecule has 0 aliphatic carbocycles. The van der Waals surface area contributed by atoms with Crippen LogP contribution >= 0.6 is 11.6 Å². The van der Waals surface area contributed by atoms with E-state index in [2.05, 4.69) is 11.9 Å². The number of hydrogen-bond acceptors (Lipinski definition) is 3. The summed E-state index contributed by atoms with van der Waals surface area (Å²) in [4.78, 5) is 4.04. The monoisotopic (exact) mass is 201 g/mol. The molecule has 1 aromatic rings. The van der Waals surface area contributed by atoms with Crippen LogP contribution in [0.2, 0.25) is 0 Å². The third-order valence-corrected chi connectivity index (χ3v) is 2.70. The number of nitrogens with zero attached hydrogens (tertiary/aromatic N) is 1. The van der Waals surface area contributed by atoms with Gasteiger partial charge in [-0.05, 0) is 12.3 Å². The van der Waals surface area contributed by atoms with E-state index >= 15 is 0 Å². The fraction of sp³-hybridized carbons (Fsp3) is 0.667. The summed E-state index contributed by atoms with van der Waals surface area (Å²) in [5, 5.41) is 0. The van der Waals surface area contributed by atoms with E-state index in [1.54, 1.807) is 0 Å². The van der Waals surface area contributed by atoms with Crippen LogP contribution in [0.4, 0.5) is 0 Å². The lowest BCUT2D eigenvalue weighted by Crippen LogP contribution is -2.04. The quantitative estimate of drug-likeness (QED) is 0.690. The molecule has 0 saturated carbocycles. The summed E-state index contributed by atoms with van der Waals surface area (Å²) in [6.45, 7) is 2.95. The largest absolute Gasteiger partial charge is 0.445 e. The first-order valence-corrected chi connectivity index (χ1v) is 4.96. The van der Waals surface area contributed by atoms with Gasteiger partial charge in [0.2, 0.25) is 0 Å². The second kappa shape index (κ2) is 3.68. The average molecular weight is 202 g/mol. The van der Waals surface area contributed by atoms with Crippen LogP contribution in [-0.4, -0.2) is 11.6 Å². The molecule has 0 N–H and O–H groups in total. The first-order valence-electron chi connectivity index (χ1n) is 4.42. The number of aromatic nitrogens is 1. The maximum atomic E-state index is 5.72. The smallest absolute Gasteiger partial charge is 0.181 e. The van der Waals surface area contributed by atoms with Crippen LogP contribution in [0.25, 0.3) is 0 Å². The molecule has 72 valence electrons. The van der Waals surface area contributed by atoms with Crippen LogP contribution < -0.4 is 0 Å². The lowest BCUT2D eigenvalue weighted by molar-refractivity contribution is 0.0753. The van der Waals surface area contributed by atoms with Crippen LogP contribution in [0.5, 0.6) is 0 Å². The van der Waals surface area contributed by atoms with Crippen molar-refractivity contribution in [1.82, 2.24) is 4.98 Å². The molecule has 4 heteroatoms. The van der Waals surface area contributed by atoms with Gasteiger partial charge in [0.25, 0.3) is 0 Å². The van der Waals surface area contributed by atoms with Crippen LogP contribution in [-0.2, 0) is 10.6 Å². The van der Waals surface area contributed by atoms with Gasteiger partial charge in [0.05, 0.1) is 11.6 Å². The van der Waals surface area contributed by atoms with E-state index in [0.717, 1.165) is 24.5 Å². The Labute approximate surface area is 82.0 Å². The lowest BCUT2D eigenvalue weighted by atomic mass is 10.0. The normalized spacial score (nSPS) is 28.2. The predicted molar refractivity (Wildman–Crippen MR) is 48.5 cm³/mol. The van der Waals surface area contributed by atoms with E-state index in [-0.39, 0.29) is 6.10 Å². The molecular weight excluding hydrogens is 190 g/mol. The summed E-state index contributed by atoms with van der Waals surface area (Å²) in [6.07, 6.45) is 2.56. The van der Waals surface area contributed by atoms with Crippen molar-refractivity contribution in [3.05, 3.63) is 17.8 Å². The molecule has 3 nitrogen and oxygen atoms in total. The maximum Gasteiger partial charge on any atom is 0.181 e. The van der Waals surface area contributed by atoms with E-state index in [9.17, 15) is 0 Å². The van der Waals surface area contributed by atoms with Gasteiger partial charge >= 0.3 is 0 Å². The lowest BCUT2D eigenvalue weighted by Gasteiger charge is -2.11. The Bertz CT molecular complexity index is 287. The molecule has 0 radical (unpaired) electrons. The highest BCUT2D eigenvalue weighted by molar-refractivity contribution is 6.16. The van der Waals surface area contributed by atoms with E-state index < -0.39 is 0 Å². The Morgan fingerprint density at radius 3 is 3.15 bits per heavy atom. The highest BCUT2D eigenvalue weighted by atomic mass is 35.5. The Kier molecular flexibility index (Phi) is 2.56. The number of halogens is 1. The number of alkyl halides is 1. The highest BCUT2D eigenvalue weighted by Gasteiger charge is 2.30. The summed E-state index contributed by atoms with van der Waals surface area (Å²) >= 11 is 5.72. The van der Waals surface area contributed by atoms with Gasteiger partial charge < -0.3 is 9.15 Å². The fourth-order valence-corrected chi connectivity index (χ4v) is 1.84. The van der Waals surface area contributed by atoms with Gasteiger partial charge in [0, 0.05) is 6.61 Å². The zero-order valence-electron chi connectivity index (χ0n) is 7.50. The van der Waals surface area contributed by atoms with Crippen LogP contribution in [0, 0.1) is 5.92 Å². The molecule has 0 amide bonds. The first-order chi connectivity index (χ1) is 6.33. The van der Waals surface area contributed by atoms with Crippen molar-refractivity contribution in [3.8, 4) is 0 Å². The minimum Gasteiger partial charge on any atom is -0.445 e. The molecule has 13 heavy (non-hydrogen) atoms. The molecule has 2 rings (SSSR count). The average Bonchev–Trinajstić information content (AvgIpc) is 2.71. The molecule has 0 bridgehead atoms. The van der Waals surface area contributed by atoms with E-state index in [1.807, 2.05) is 0 Å². The molecule has 1 saturated heterocycles. The summed E-state index contributed by atoms with van der Waals surface area (Å²) in [5.74, 6) is 1.69. The summed E-state index contributed by atoms with van der Waals surface area (Å²) in [7, 11) is 0. The molecule has 2 atom stereocenters. The SMILES string of the molecule is CC1CCOC1c1ocnc1CCl. The molecule has 2 heterocycles. The van der Waals surface area contributed by atoms with Crippen LogP contribution in [0.1, 0.15) is 30.9 Å². The number of rotatable bonds is 2. The van der Waals surface area contributed by atoms with Gasteiger partial charge in [0.15, 0.2) is 12.2 Å². The van der Waals surface area contributed by atoms with Gasteiger partial charge in [-0.2, -0.15) is 0 Å². The summed E-state index contributed by atoms with van der Waals surface area (Å²) in [5.41, 5.74) is 0.806. The Balaban J connectivity index is 2.23. The number of oxazole rings is 1. The molecule has 2 unspecified atom stereocenters. The molecule has 1 aliphatic rings. The Morgan fingerprint density at radius 1 is 1.69 bits per heavy atom. The van der Waals surface area contributed by atoms with Gasteiger partial charge in [-0.25, -0.2) is 4.98 Å². The summed E-state index contributed by atoms with van der Waals surface area (Å²) < 4.78 is 10.8. The van der Waals surface area contributed by atoms with Gasteiger partial charge in [-0.3, -0.25) is 0 Å². The fourth-order valence-electron chi connectivity index (χ4n) is 1.64. The van der Waals surface area contributed by atoms with E-state index in [0.29, 0.717) is 11.8 Å². The Morgan fingerprint density at radius 2 is 2.54 bits per heavy atom. The molecule has 1 fully saturated rings. The zero-order valence-corrected chi connectivity index (χ0v) is 8.25. The van der Waals surface area contributed by atoms with Crippen LogP contribution in [0.15, 0.2) is 10.8 Å². The molecule has 0 spiro atoms. The van der Waals surface area contributed by atoms with Crippen molar-refractivity contribution >= 4 is 11.6 Å². The first kappa shape index (κ1) is 9.03. The van der Waals surface area contributed by atoms with Crippen molar-refractivity contribution in [2.75, 3.05) is 6.61 Å². The van der Waals surface area contributed by atoms with Gasteiger partial charge in [-0.1, -0.05) is 6.92 Å². The van der Waals surface area contributed by atoms with Crippen molar-refractivity contribution in [2.24, 2.45) is 5.92 Å². The van der Waals surface area contributed by atoms with Crippen molar-refractivity contribution in [2.45, 2.75) is 25.3 Å². The maximum absolute atomic E-state index is 5.72. The third-order valence-electron chi connectivity index (χ3n) is 2.45. The molecule has 1 aromatic heterocycles. The van der Waals surface area contributed by atoms with Crippen molar-refractivity contribution in [3.63, 3.8) is 0 Å². The summed E-state index contributed by atoms with van der Waals surface area (Å²) in [6, 6.07) is 0. The molecule has 1 aliphatic heterocycles. The number of hydrogen-bond donors (Lipinski definition) is 0. The highest BCUT2D eigenvalue weighted by Crippen LogP contribution is 2.35. The second-order valence-corrected chi connectivity index (χ2v) is 3.62. The molecular formula is C9H12ClNO2. The van der Waals surface area contributed by atoms with Crippen LogP contribution in [0.3, 0.4) is 0 Å². The second-order valence-electron chi connectivity index (χ2n) is 3.35. The van der Waals surface area contributed by atoms with E-state index in [1.165, 1.54) is 6.39 Å². The third kappa shape index (κ3) is 1.58. The minimum absolute atomic E-state index is 0.0521. The van der Waals surface area contributed by atoms with Crippen molar-refractivity contribution in [1.29, 1.82) is 0 Å². The number of ether oxygens (including phenoxy) is 1. The standard InChI is InChI=1S/C9H12ClNO2/c1-6-2-3-12-8(6)9-7(4-10)11-5-13-9/h5-6,8H,2-4H2,1H3. The zero-order chi connectivity index (χ0) is 9.26. The predicted octanol–water partition coefficient (Wildman–Crippen LogP) is 2.51. The topological polar surface area (TPSA) is 35.3 Å². The van der Waals surface area contributed by atoms with Gasteiger partial charge in [-0.15, -0.1) is 11.6 Å². The van der Waals surface area contributed by atoms with Crippen molar-refractivity contribution < 1.29 is 9.15 Å². The van der Waals surface area contributed by atoms with E-state index in [4.69, 9.17) is 20.8 Å². The molecule has 0 aromatic carbocycles. The minimum atomic E-state index is 0.0521. The Hall–Kier alpha value is -0.540. The van der Waals surface area contributed by atoms with Gasteiger partial charge in [0.1, 0.15) is 6.10 Å².